The Morgan fingerprint density at radius 3 is 2.71 bits per heavy atom. The first kappa shape index (κ1) is 22.8. The molecule has 5 rings (SSSR count). The summed E-state index contributed by atoms with van der Waals surface area (Å²) in [5.41, 5.74) is 1.84. The quantitative estimate of drug-likeness (QED) is 0.512. The molecule has 3 heterocycles. The van der Waals surface area contributed by atoms with Gasteiger partial charge in [-0.3, -0.25) is 19.4 Å². The Morgan fingerprint density at radius 2 is 2.00 bits per heavy atom. The van der Waals surface area contributed by atoms with E-state index in [2.05, 4.69) is 10.3 Å². The lowest BCUT2D eigenvalue weighted by atomic mass is 9.73. The van der Waals surface area contributed by atoms with Crippen molar-refractivity contribution in [3.05, 3.63) is 83.7 Å². The van der Waals surface area contributed by atoms with E-state index in [-0.39, 0.29) is 24.0 Å². The van der Waals surface area contributed by atoms with Crippen LogP contribution in [0.3, 0.4) is 0 Å². The van der Waals surface area contributed by atoms with E-state index in [1.807, 2.05) is 30.3 Å². The van der Waals surface area contributed by atoms with E-state index in [0.717, 1.165) is 16.8 Å². The number of rotatable bonds is 3. The molecule has 3 N–H and O–H groups in total. The van der Waals surface area contributed by atoms with Crippen molar-refractivity contribution in [2.24, 2.45) is 0 Å². The third-order valence-electron chi connectivity index (χ3n) is 6.22. The van der Waals surface area contributed by atoms with Gasteiger partial charge in [-0.1, -0.05) is 24.3 Å². The molecule has 174 valence electrons. The Hall–Kier alpha value is -4.40. The minimum absolute atomic E-state index is 0.0570. The number of carbonyl (C=O) groups is 3. The number of para-hydroxylation sites is 1. The number of aromatic nitrogens is 1. The number of fused-ring (bicyclic) bond motifs is 2. The van der Waals surface area contributed by atoms with Gasteiger partial charge in [0, 0.05) is 36.3 Å². The highest BCUT2D eigenvalue weighted by molar-refractivity contribution is 6.08. The SMILES string of the molecule is COc1cc(O)cc(C(=O)N2CCC3(C(=O)Nc4ccccc43)C2c2cccnc2)c1.O=CO. The number of hydrogen-bond acceptors (Lipinski definition) is 6. The molecular weight excluding hydrogens is 438 g/mol. The molecule has 2 amide bonds. The number of amides is 2. The number of aromatic hydroxyl groups is 1. The number of phenolic OH excluding ortho intramolecular Hbond substituents is 1. The van der Waals surface area contributed by atoms with E-state index >= 15 is 0 Å². The smallest absolute Gasteiger partial charge is 0.290 e. The van der Waals surface area contributed by atoms with E-state index in [1.54, 1.807) is 29.4 Å². The molecule has 0 saturated carbocycles. The zero-order chi connectivity index (χ0) is 24.3. The zero-order valence-electron chi connectivity index (χ0n) is 18.3. The summed E-state index contributed by atoms with van der Waals surface area (Å²) in [7, 11) is 1.48. The summed E-state index contributed by atoms with van der Waals surface area (Å²) < 4.78 is 5.21. The first-order valence-electron chi connectivity index (χ1n) is 10.5. The number of carbonyl (C=O) groups excluding carboxylic acids is 2. The van der Waals surface area contributed by atoms with Gasteiger partial charge in [0.25, 0.3) is 12.4 Å². The Bertz CT molecular complexity index is 1230. The molecule has 0 aliphatic carbocycles. The number of hydrogen-bond donors (Lipinski definition) is 3. The van der Waals surface area contributed by atoms with E-state index in [1.165, 1.54) is 19.2 Å². The van der Waals surface area contributed by atoms with Crippen LogP contribution in [0.2, 0.25) is 0 Å². The van der Waals surface area contributed by atoms with Crippen molar-refractivity contribution in [1.29, 1.82) is 0 Å². The van der Waals surface area contributed by atoms with Gasteiger partial charge in [0.05, 0.1) is 13.2 Å². The molecule has 1 aromatic heterocycles. The van der Waals surface area contributed by atoms with Crippen molar-refractivity contribution >= 4 is 24.0 Å². The van der Waals surface area contributed by atoms with Crippen LogP contribution in [0.1, 0.15) is 33.9 Å². The molecule has 9 nitrogen and oxygen atoms in total. The summed E-state index contributed by atoms with van der Waals surface area (Å²) in [5.74, 6) is -0.0684. The highest BCUT2D eigenvalue weighted by Crippen LogP contribution is 2.54. The number of methoxy groups -OCH3 is 1. The van der Waals surface area contributed by atoms with Gasteiger partial charge in [-0.2, -0.15) is 0 Å². The normalized spacial score (nSPS) is 20.2. The maximum atomic E-state index is 13.6. The van der Waals surface area contributed by atoms with Crippen molar-refractivity contribution in [3.8, 4) is 11.5 Å². The predicted octanol–water partition coefficient (Wildman–Crippen LogP) is 2.97. The standard InChI is InChI=1S/C24H21N3O4.CH2O2/c1-31-18-12-16(11-17(28)13-18)22(29)27-10-8-24(21(27)15-5-4-9-25-14-15)19-6-2-3-7-20(19)26-23(24)30;2-1-3/h2-7,9,11-14,21,28H,8,10H2,1H3,(H,26,30);1H,(H,2,3). The number of carboxylic acid groups (broad SMARTS) is 1. The molecule has 2 aliphatic rings. The lowest BCUT2D eigenvalue weighted by Crippen LogP contribution is -2.42. The molecule has 3 aromatic rings. The minimum Gasteiger partial charge on any atom is -0.508 e. The van der Waals surface area contributed by atoms with Crippen molar-refractivity contribution in [1.82, 2.24) is 9.88 Å². The molecule has 2 aliphatic heterocycles. The van der Waals surface area contributed by atoms with E-state index in [4.69, 9.17) is 14.6 Å². The first-order chi connectivity index (χ1) is 16.5. The molecule has 0 radical (unpaired) electrons. The van der Waals surface area contributed by atoms with Gasteiger partial charge in [-0.25, -0.2) is 0 Å². The van der Waals surface area contributed by atoms with Crippen LogP contribution < -0.4 is 10.1 Å². The molecule has 2 unspecified atom stereocenters. The highest BCUT2D eigenvalue weighted by Gasteiger charge is 2.59. The second kappa shape index (κ2) is 9.22. The number of nitrogens with one attached hydrogen (secondary N) is 1. The summed E-state index contributed by atoms with van der Waals surface area (Å²) in [6.07, 6.45) is 3.85. The monoisotopic (exact) mass is 461 g/mol. The molecule has 1 spiro atoms. The summed E-state index contributed by atoms with van der Waals surface area (Å²) >= 11 is 0. The summed E-state index contributed by atoms with van der Waals surface area (Å²) in [6.45, 7) is 0.137. The predicted molar refractivity (Wildman–Crippen MR) is 123 cm³/mol. The van der Waals surface area contributed by atoms with Crippen LogP contribution >= 0.6 is 0 Å². The van der Waals surface area contributed by atoms with Gasteiger partial charge in [0.15, 0.2) is 0 Å². The number of anilines is 1. The molecule has 9 heteroatoms. The van der Waals surface area contributed by atoms with Crippen LogP contribution in [0.5, 0.6) is 11.5 Å². The molecule has 1 fully saturated rings. The molecular formula is C25H23N3O6. The number of pyridine rings is 1. The van der Waals surface area contributed by atoms with E-state index in [9.17, 15) is 14.7 Å². The Kier molecular flexibility index (Phi) is 6.18. The van der Waals surface area contributed by atoms with Crippen LogP contribution in [0.4, 0.5) is 5.69 Å². The van der Waals surface area contributed by atoms with Crippen LogP contribution in [0.15, 0.2) is 67.0 Å². The average Bonchev–Trinajstić information content (AvgIpc) is 3.38. The summed E-state index contributed by atoms with van der Waals surface area (Å²) in [5, 5.41) is 19.9. The molecule has 1 saturated heterocycles. The molecule has 34 heavy (non-hydrogen) atoms. The lowest BCUT2D eigenvalue weighted by molar-refractivity contribution is -0.123. The maximum Gasteiger partial charge on any atom is 0.290 e. The van der Waals surface area contributed by atoms with Crippen molar-refractivity contribution in [2.75, 3.05) is 19.0 Å². The van der Waals surface area contributed by atoms with Gasteiger partial charge in [-0.05, 0) is 41.8 Å². The number of phenols is 1. The fraction of sp³-hybridized carbons (Fsp3) is 0.200. The number of likely N-dealkylation sites (tertiary alicyclic amines) is 1. The van der Waals surface area contributed by atoms with Crippen molar-refractivity contribution in [2.45, 2.75) is 17.9 Å². The number of nitrogens with zero attached hydrogens (tertiary/aromatic N) is 2. The largest absolute Gasteiger partial charge is 0.508 e. The molecule has 2 atom stereocenters. The van der Waals surface area contributed by atoms with Crippen LogP contribution in [-0.2, 0) is 15.0 Å². The van der Waals surface area contributed by atoms with Gasteiger partial charge in [0.2, 0.25) is 5.91 Å². The zero-order valence-corrected chi connectivity index (χ0v) is 18.3. The van der Waals surface area contributed by atoms with Crippen molar-refractivity contribution < 1.29 is 29.3 Å². The number of ether oxygens (including phenoxy) is 1. The first-order valence-corrected chi connectivity index (χ1v) is 10.5. The Labute approximate surface area is 195 Å². The van der Waals surface area contributed by atoms with Gasteiger partial charge < -0.3 is 25.2 Å². The van der Waals surface area contributed by atoms with E-state index < -0.39 is 11.5 Å². The van der Waals surface area contributed by atoms with Gasteiger partial charge in [-0.15, -0.1) is 0 Å². The third-order valence-corrected chi connectivity index (χ3v) is 6.22. The Balaban J connectivity index is 0.000000868. The van der Waals surface area contributed by atoms with Crippen LogP contribution in [0.25, 0.3) is 0 Å². The second-order valence-corrected chi connectivity index (χ2v) is 7.93. The molecule has 2 aromatic carbocycles. The maximum absolute atomic E-state index is 13.6. The fourth-order valence-electron chi connectivity index (χ4n) is 4.90. The highest BCUT2D eigenvalue weighted by atomic mass is 16.5. The fourth-order valence-corrected chi connectivity index (χ4v) is 4.90. The second-order valence-electron chi connectivity index (χ2n) is 7.93. The van der Waals surface area contributed by atoms with E-state index in [0.29, 0.717) is 24.3 Å². The summed E-state index contributed by atoms with van der Waals surface area (Å²) in [4.78, 5) is 41.3. The Morgan fingerprint density at radius 1 is 1.24 bits per heavy atom. The average molecular weight is 461 g/mol. The summed E-state index contributed by atoms with van der Waals surface area (Å²) in [6, 6.07) is 15.2. The van der Waals surface area contributed by atoms with Crippen LogP contribution in [-0.4, -0.2) is 52.0 Å². The third kappa shape index (κ3) is 3.71. The molecule has 0 bridgehead atoms. The van der Waals surface area contributed by atoms with Crippen molar-refractivity contribution in [3.63, 3.8) is 0 Å². The number of benzene rings is 2. The lowest BCUT2D eigenvalue weighted by Gasteiger charge is -2.34. The van der Waals surface area contributed by atoms with Gasteiger partial charge >= 0.3 is 0 Å². The van der Waals surface area contributed by atoms with Crippen LogP contribution in [0, 0.1) is 0 Å². The topological polar surface area (TPSA) is 129 Å². The minimum atomic E-state index is -0.907. The van der Waals surface area contributed by atoms with Gasteiger partial charge in [0.1, 0.15) is 16.9 Å².